The Balaban J connectivity index is 1.14. The van der Waals surface area contributed by atoms with E-state index in [-0.39, 0.29) is 0 Å². The van der Waals surface area contributed by atoms with Crippen molar-refractivity contribution >= 4 is 85.8 Å². The van der Waals surface area contributed by atoms with Crippen LogP contribution in [0.15, 0.2) is 174 Å². The van der Waals surface area contributed by atoms with Crippen molar-refractivity contribution in [1.29, 1.82) is 0 Å². The maximum atomic E-state index is 6.56. The second-order valence-electron chi connectivity index (χ2n) is 13.2. The molecule has 0 bridgehead atoms. The topological polar surface area (TPSA) is 13.1 Å². The van der Waals surface area contributed by atoms with Crippen LogP contribution >= 0.6 is 11.3 Å². The second kappa shape index (κ2) is 10.6. The number of rotatable bonds is 3. The van der Waals surface area contributed by atoms with E-state index in [1.165, 1.54) is 91.3 Å². The summed E-state index contributed by atoms with van der Waals surface area (Å²) in [4.78, 5) is 0. The molecule has 0 saturated heterocycles. The molecule has 0 radical (unpaired) electrons. The molecule has 0 aliphatic rings. The van der Waals surface area contributed by atoms with Gasteiger partial charge in [0.05, 0.1) is 0 Å². The van der Waals surface area contributed by atoms with E-state index in [1.807, 2.05) is 17.4 Å². The van der Waals surface area contributed by atoms with Crippen LogP contribution in [0.25, 0.3) is 108 Å². The van der Waals surface area contributed by atoms with E-state index in [9.17, 15) is 0 Å². The van der Waals surface area contributed by atoms with Crippen LogP contribution in [0, 0.1) is 0 Å². The Morgan fingerprint density at radius 2 is 0.880 bits per heavy atom. The van der Waals surface area contributed by atoms with Gasteiger partial charge in [-0.3, -0.25) is 0 Å². The molecule has 1 nitrogen and oxygen atoms in total. The molecule has 232 valence electrons. The first kappa shape index (κ1) is 27.7. The fourth-order valence-corrected chi connectivity index (χ4v) is 9.38. The van der Waals surface area contributed by atoms with Gasteiger partial charge in [0.15, 0.2) is 0 Å². The van der Waals surface area contributed by atoms with Gasteiger partial charge < -0.3 is 4.42 Å². The molecular weight excluding hydrogens is 625 g/mol. The van der Waals surface area contributed by atoms with Gasteiger partial charge in [-0.2, -0.15) is 0 Å². The number of benzene rings is 9. The first-order chi connectivity index (χ1) is 24.8. The van der Waals surface area contributed by atoms with Gasteiger partial charge in [0.1, 0.15) is 11.2 Å². The summed E-state index contributed by atoms with van der Waals surface area (Å²) >= 11 is 1.87. The Labute approximate surface area is 292 Å². The minimum Gasteiger partial charge on any atom is -0.455 e. The predicted molar refractivity (Wildman–Crippen MR) is 215 cm³/mol. The van der Waals surface area contributed by atoms with Crippen LogP contribution in [0.5, 0.6) is 0 Å². The minimum atomic E-state index is 0.933. The molecule has 0 amide bonds. The first-order valence-electron chi connectivity index (χ1n) is 17.1. The summed E-state index contributed by atoms with van der Waals surface area (Å²) in [6.45, 7) is 0. The lowest BCUT2D eigenvalue weighted by Gasteiger charge is -2.18. The van der Waals surface area contributed by atoms with Gasteiger partial charge >= 0.3 is 0 Å². The highest BCUT2D eigenvalue weighted by Gasteiger charge is 2.19. The fraction of sp³-hybridized carbons (Fsp3) is 0. The Bertz CT molecular complexity index is 3070. The average Bonchev–Trinajstić information content (AvgIpc) is 3.75. The summed E-state index contributed by atoms with van der Waals surface area (Å²) < 4.78 is 9.13. The molecule has 50 heavy (non-hydrogen) atoms. The zero-order valence-corrected chi connectivity index (χ0v) is 27.8. The Morgan fingerprint density at radius 3 is 1.60 bits per heavy atom. The molecular formula is C48H28OS. The molecule has 0 atom stereocenters. The maximum Gasteiger partial charge on any atom is 0.143 e. The first-order valence-corrected chi connectivity index (χ1v) is 17.9. The van der Waals surface area contributed by atoms with Gasteiger partial charge in [-0.15, -0.1) is 11.3 Å². The van der Waals surface area contributed by atoms with Crippen molar-refractivity contribution in [3.05, 3.63) is 170 Å². The second-order valence-corrected chi connectivity index (χ2v) is 14.3. The summed E-state index contributed by atoms with van der Waals surface area (Å²) in [5.41, 5.74) is 9.40. The molecule has 0 unspecified atom stereocenters. The van der Waals surface area contributed by atoms with Gasteiger partial charge in [0.2, 0.25) is 0 Å². The number of thiophene rings is 1. The molecule has 11 aromatic rings. The monoisotopic (exact) mass is 652 g/mol. The summed E-state index contributed by atoms with van der Waals surface area (Å²) in [7, 11) is 0. The minimum absolute atomic E-state index is 0.933. The highest BCUT2D eigenvalue weighted by atomic mass is 32.1. The van der Waals surface area contributed by atoms with E-state index >= 15 is 0 Å². The van der Waals surface area contributed by atoms with E-state index in [0.29, 0.717) is 0 Å². The van der Waals surface area contributed by atoms with Crippen LogP contribution in [0.1, 0.15) is 0 Å². The van der Waals surface area contributed by atoms with Crippen molar-refractivity contribution < 1.29 is 4.42 Å². The van der Waals surface area contributed by atoms with E-state index in [4.69, 9.17) is 4.42 Å². The third-order valence-corrected chi connectivity index (χ3v) is 11.6. The van der Waals surface area contributed by atoms with Gasteiger partial charge in [-0.1, -0.05) is 146 Å². The molecule has 2 heterocycles. The maximum absolute atomic E-state index is 6.56. The van der Waals surface area contributed by atoms with Crippen LogP contribution in [-0.2, 0) is 0 Å². The van der Waals surface area contributed by atoms with Gasteiger partial charge in [-0.05, 0) is 84.6 Å². The smallest absolute Gasteiger partial charge is 0.143 e. The number of furan rings is 1. The summed E-state index contributed by atoms with van der Waals surface area (Å²) in [5, 5.41) is 12.4. The Hall–Kier alpha value is -6.22. The molecule has 2 aromatic heterocycles. The van der Waals surface area contributed by atoms with Crippen LogP contribution in [0.4, 0.5) is 0 Å². The Morgan fingerprint density at radius 1 is 0.340 bits per heavy atom. The molecule has 2 heteroatoms. The van der Waals surface area contributed by atoms with Gasteiger partial charge in [0.25, 0.3) is 0 Å². The van der Waals surface area contributed by atoms with Crippen molar-refractivity contribution in [1.82, 2.24) is 0 Å². The number of fused-ring (bicyclic) bond motifs is 11. The lowest BCUT2D eigenvalue weighted by atomic mass is 9.85. The molecule has 11 rings (SSSR count). The van der Waals surface area contributed by atoms with Crippen molar-refractivity contribution in [2.24, 2.45) is 0 Å². The van der Waals surface area contributed by atoms with Crippen molar-refractivity contribution in [3.63, 3.8) is 0 Å². The summed E-state index contributed by atoms with van der Waals surface area (Å²) in [5.74, 6) is 0. The molecule has 0 aliphatic heterocycles. The molecule has 0 spiro atoms. The number of hydrogen-bond acceptors (Lipinski definition) is 2. The lowest BCUT2D eigenvalue weighted by molar-refractivity contribution is 0.673. The van der Waals surface area contributed by atoms with E-state index < -0.39 is 0 Å². The van der Waals surface area contributed by atoms with Crippen LogP contribution in [0.3, 0.4) is 0 Å². The largest absolute Gasteiger partial charge is 0.455 e. The van der Waals surface area contributed by atoms with E-state index in [2.05, 4.69) is 164 Å². The van der Waals surface area contributed by atoms with Crippen LogP contribution < -0.4 is 0 Å². The van der Waals surface area contributed by atoms with Crippen molar-refractivity contribution in [2.45, 2.75) is 0 Å². The molecule has 9 aromatic carbocycles. The highest BCUT2D eigenvalue weighted by molar-refractivity contribution is 7.26. The fourth-order valence-electron chi connectivity index (χ4n) is 8.22. The van der Waals surface area contributed by atoms with Crippen LogP contribution in [-0.4, -0.2) is 0 Å². The molecule has 0 saturated carbocycles. The normalized spacial score (nSPS) is 12.0. The summed E-state index contributed by atoms with van der Waals surface area (Å²) in [6, 6.07) is 61.9. The zero-order chi connectivity index (χ0) is 32.8. The molecule has 0 aliphatic carbocycles. The summed E-state index contributed by atoms with van der Waals surface area (Å²) in [6.07, 6.45) is 0. The average molecular weight is 653 g/mol. The zero-order valence-electron chi connectivity index (χ0n) is 27.0. The SMILES string of the molecule is c1ccc(-c2ccc(-c3c4ccccc4c(-c4ccc5c(c4)sc4ccc6ccc7c8ccccc8oc7c6c45)c4ccccc34)cc2)cc1. The molecule has 0 N–H and O–H groups in total. The number of hydrogen-bond donors (Lipinski definition) is 0. The van der Waals surface area contributed by atoms with Crippen molar-refractivity contribution in [2.75, 3.05) is 0 Å². The standard InChI is InChI=1S/C48H28OS/c1-2-10-29(11-3-1)30-18-20-31(21-19-30)44-35-13-4-6-15-37(35)45(38-16-7-5-14-36(38)44)33-23-26-40-43(28-33)50-42-27-24-32-22-25-39-34-12-8-9-17-41(34)49-48(39)46(32)47(40)42/h1-28H. The molecule has 0 fully saturated rings. The van der Waals surface area contributed by atoms with Crippen LogP contribution in [0.2, 0.25) is 0 Å². The highest BCUT2D eigenvalue weighted by Crippen LogP contribution is 2.47. The Kier molecular flexibility index (Phi) is 5.89. The van der Waals surface area contributed by atoms with E-state index in [1.54, 1.807) is 0 Å². The van der Waals surface area contributed by atoms with E-state index in [0.717, 1.165) is 16.6 Å². The third kappa shape index (κ3) is 4.00. The third-order valence-electron chi connectivity index (χ3n) is 10.5. The van der Waals surface area contributed by atoms with Gasteiger partial charge in [-0.25, -0.2) is 0 Å². The quantitative estimate of drug-likeness (QED) is 0.173. The predicted octanol–water partition coefficient (Wildman–Crippen LogP) is 14.4. The van der Waals surface area contributed by atoms with Crippen molar-refractivity contribution in [3.8, 4) is 33.4 Å². The number of para-hydroxylation sites is 1. The van der Waals surface area contributed by atoms with Gasteiger partial charge in [0, 0.05) is 36.3 Å². The lowest BCUT2D eigenvalue weighted by Crippen LogP contribution is -1.91.